The van der Waals surface area contributed by atoms with Crippen LogP contribution in [0.2, 0.25) is 0 Å². The predicted octanol–water partition coefficient (Wildman–Crippen LogP) is 2.02. The van der Waals surface area contributed by atoms with E-state index >= 15 is 0 Å². The highest BCUT2D eigenvalue weighted by molar-refractivity contribution is 5.26. The van der Waals surface area contributed by atoms with E-state index in [2.05, 4.69) is 11.9 Å². The lowest BCUT2D eigenvalue weighted by molar-refractivity contribution is 0.181. The standard InChI is InChI=1S/C11H15NO/c1-8-4-5-12-7-11(8)9-2-3-10(13)6-9/h4-5,7,9-10,13H,2-3,6H2,1H3. The van der Waals surface area contributed by atoms with Crippen LogP contribution in [-0.4, -0.2) is 16.2 Å². The Morgan fingerprint density at radius 1 is 1.46 bits per heavy atom. The fourth-order valence-electron chi connectivity index (χ4n) is 2.14. The van der Waals surface area contributed by atoms with E-state index < -0.39 is 0 Å². The average molecular weight is 177 g/mol. The Morgan fingerprint density at radius 3 is 2.92 bits per heavy atom. The van der Waals surface area contributed by atoms with Crippen LogP contribution >= 0.6 is 0 Å². The molecule has 0 radical (unpaired) electrons. The van der Waals surface area contributed by atoms with Crippen LogP contribution in [0.5, 0.6) is 0 Å². The van der Waals surface area contributed by atoms with Crippen molar-refractivity contribution in [2.75, 3.05) is 0 Å². The summed E-state index contributed by atoms with van der Waals surface area (Å²) in [5.41, 5.74) is 2.62. The SMILES string of the molecule is Cc1ccncc1C1CCC(O)C1. The fraction of sp³-hybridized carbons (Fsp3) is 0.545. The molecule has 13 heavy (non-hydrogen) atoms. The van der Waals surface area contributed by atoms with Crippen molar-refractivity contribution in [3.63, 3.8) is 0 Å². The Hall–Kier alpha value is -0.890. The molecular formula is C11H15NO. The molecule has 0 bridgehead atoms. The maximum Gasteiger partial charge on any atom is 0.0546 e. The van der Waals surface area contributed by atoms with Crippen LogP contribution in [0, 0.1) is 6.92 Å². The van der Waals surface area contributed by atoms with Gasteiger partial charge in [-0.15, -0.1) is 0 Å². The zero-order chi connectivity index (χ0) is 9.26. The zero-order valence-corrected chi connectivity index (χ0v) is 7.90. The molecule has 1 aromatic heterocycles. The van der Waals surface area contributed by atoms with Gasteiger partial charge in [0.15, 0.2) is 0 Å². The molecule has 1 fully saturated rings. The lowest BCUT2D eigenvalue weighted by Gasteiger charge is -2.11. The first-order chi connectivity index (χ1) is 6.27. The van der Waals surface area contributed by atoms with Crippen molar-refractivity contribution in [3.05, 3.63) is 29.6 Å². The van der Waals surface area contributed by atoms with Crippen molar-refractivity contribution >= 4 is 0 Å². The quantitative estimate of drug-likeness (QED) is 0.712. The molecule has 2 heteroatoms. The molecule has 1 aliphatic carbocycles. The van der Waals surface area contributed by atoms with Crippen molar-refractivity contribution in [1.82, 2.24) is 4.98 Å². The summed E-state index contributed by atoms with van der Waals surface area (Å²) in [6.07, 6.45) is 6.63. The maximum atomic E-state index is 9.43. The molecule has 1 N–H and O–H groups in total. The Bertz CT molecular complexity index is 298. The highest BCUT2D eigenvalue weighted by atomic mass is 16.3. The van der Waals surface area contributed by atoms with Gasteiger partial charge in [0.1, 0.15) is 0 Å². The maximum absolute atomic E-state index is 9.43. The summed E-state index contributed by atoms with van der Waals surface area (Å²) in [7, 11) is 0. The summed E-state index contributed by atoms with van der Waals surface area (Å²) < 4.78 is 0. The predicted molar refractivity (Wildman–Crippen MR) is 51.6 cm³/mol. The minimum atomic E-state index is -0.0930. The number of aliphatic hydroxyl groups is 1. The molecule has 0 aliphatic heterocycles. The number of nitrogens with zero attached hydrogens (tertiary/aromatic N) is 1. The molecular weight excluding hydrogens is 162 g/mol. The zero-order valence-electron chi connectivity index (χ0n) is 7.90. The molecule has 0 saturated heterocycles. The van der Waals surface area contributed by atoms with Crippen LogP contribution in [0.1, 0.15) is 36.3 Å². The van der Waals surface area contributed by atoms with Gasteiger partial charge >= 0.3 is 0 Å². The molecule has 0 amide bonds. The summed E-state index contributed by atoms with van der Waals surface area (Å²) in [6, 6.07) is 2.04. The van der Waals surface area contributed by atoms with Gasteiger partial charge in [0.25, 0.3) is 0 Å². The third kappa shape index (κ3) is 1.73. The molecule has 1 heterocycles. The Balaban J connectivity index is 2.21. The van der Waals surface area contributed by atoms with Gasteiger partial charge in [-0.25, -0.2) is 0 Å². The van der Waals surface area contributed by atoms with E-state index in [-0.39, 0.29) is 6.10 Å². The van der Waals surface area contributed by atoms with E-state index in [1.54, 1.807) is 0 Å². The van der Waals surface area contributed by atoms with Gasteiger partial charge in [-0.2, -0.15) is 0 Å². The molecule has 0 spiro atoms. The van der Waals surface area contributed by atoms with Crippen LogP contribution in [-0.2, 0) is 0 Å². The first kappa shape index (κ1) is 8.70. The second kappa shape index (κ2) is 3.46. The van der Waals surface area contributed by atoms with E-state index in [4.69, 9.17) is 0 Å². The van der Waals surface area contributed by atoms with Crippen LogP contribution in [0.3, 0.4) is 0 Å². The monoisotopic (exact) mass is 177 g/mol. The molecule has 2 nitrogen and oxygen atoms in total. The topological polar surface area (TPSA) is 33.1 Å². The second-order valence-corrected chi connectivity index (χ2v) is 3.90. The first-order valence-electron chi connectivity index (χ1n) is 4.86. The Labute approximate surface area is 78.6 Å². The van der Waals surface area contributed by atoms with Crippen LogP contribution in [0.15, 0.2) is 18.5 Å². The second-order valence-electron chi connectivity index (χ2n) is 3.90. The third-order valence-electron chi connectivity index (χ3n) is 2.92. The summed E-state index contributed by atoms with van der Waals surface area (Å²) >= 11 is 0. The van der Waals surface area contributed by atoms with E-state index in [1.807, 2.05) is 18.5 Å². The third-order valence-corrected chi connectivity index (χ3v) is 2.92. The Morgan fingerprint density at radius 2 is 2.31 bits per heavy atom. The molecule has 2 atom stereocenters. The van der Waals surface area contributed by atoms with Crippen molar-refractivity contribution in [2.45, 2.75) is 38.2 Å². The van der Waals surface area contributed by atoms with Crippen LogP contribution in [0.4, 0.5) is 0 Å². The molecule has 2 rings (SSSR count). The van der Waals surface area contributed by atoms with Crippen molar-refractivity contribution in [1.29, 1.82) is 0 Å². The largest absolute Gasteiger partial charge is 0.393 e. The summed E-state index contributed by atoms with van der Waals surface area (Å²) in [5, 5.41) is 9.43. The lowest BCUT2D eigenvalue weighted by atomic mass is 9.95. The van der Waals surface area contributed by atoms with Gasteiger partial charge in [0, 0.05) is 12.4 Å². The minimum Gasteiger partial charge on any atom is -0.393 e. The first-order valence-corrected chi connectivity index (χ1v) is 4.86. The average Bonchev–Trinajstić information content (AvgIpc) is 2.53. The number of aliphatic hydroxyl groups excluding tert-OH is 1. The Kier molecular flexibility index (Phi) is 2.32. The number of hydrogen-bond donors (Lipinski definition) is 1. The molecule has 70 valence electrons. The van der Waals surface area contributed by atoms with Gasteiger partial charge < -0.3 is 5.11 Å². The number of aromatic nitrogens is 1. The number of rotatable bonds is 1. The number of pyridine rings is 1. The van der Waals surface area contributed by atoms with Crippen LogP contribution in [0.25, 0.3) is 0 Å². The summed E-state index contributed by atoms with van der Waals surface area (Å²) in [4.78, 5) is 4.13. The highest BCUT2D eigenvalue weighted by Gasteiger charge is 2.24. The molecule has 1 saturated carbocycles. The molecule has 1 aromatic rings. The van der Waals surface area contributed by atoms with Gasteiger partial charge in [-0.05, 0) is 49.3 Å². The minimum absolute atomic E-state index is 0.0930. The van der Waals surface area contributed by atoms with Crippen molar-refractivity contribution in [3.8, 4) is 0 Å². The highest BCUT2D eigenvalue weighted by Crippen LogP contribution is 2.35. The van der Waals surface area contributed by atoms with Crippen LogP contribution < -0.4 is 0 Å². The van der Waals surface area contributed by atoms with E-state index in [1.165, 1.54) is 11.1 Å². The van der Waals surface area contributed by atoms with Gasteiger partial charge in [-0.1, -0.05) is 0 Å². The smallest absolute Gasteiger partial charge is 0.0546 e. The lowest BCUT2D eigenvalue weighted by Crippen LogP contribution is -2.01. The van der Waals surface area contributed by atoms with Gasteiger partial charge in [0.05, 0.1) is 6.10 Å². The molecule has 0 aromatic carbocycles. The van der Waals surface area contributed by atoms with Crippen molar-refractivity contribution in [2.24, 2.45) is 0 Å². The van der Waals surface area contributed by atoms with Crippen molar-refractivity contribution < 1.29 is 5.11 Å². The fourth-order valence-corrected chi connectivity index (χ4v) is 2.14. The molecule has 2 unspecified atom stereocenters. The van der Waals surface area contributed by atoms with Gasteiger partial charge in [0.2, 0.25) is 0 Å². The number of aryl methyl sites for hydroxylation is 1. The summed E-state index contributed by atoms with van der Waals surface area (Å²) in [5.74, 6) is 0.531. The van der Waals surface area contributed by atoms with E-state index in [9.17, 15) is 5.11 Å². The normalized spacial score (nSPS) is 27.8. The van der Waals surface area contributed by atoms with E-state index in [0.717, 1.165) is 19.3 Å². The van der Waals surface area contributed by atoms with E-state index in [0.29, 0.717) is 5.92 Å². The number of hydrogen-bond acceptors (Lipinski definition) is 2. The summed E-state index contributed by atoms with van der Waals surface area (Å²) in [6.45, 7) is 2.11. The molecule has 1 aliphatic rings. The van der Waals surface area contributed by atoms with Gasteiger partial charge in [-0.3, -0.25) is 4.98 Å².